The summed E-state index contributed by atoms with van der Waals surface area (Å²) in [6.07, 6.45) is 3.43. The molecule has 0 fully saturated rings. The molecule has 0 bridgehead atoms. The summed E-state index contributed by atoms with van der Waals surface area (Å²) in [5, 5.41) is 3.64. The lowest BCUT2D eigenvalue weighted by Gasteiger charge is -2.22. The van der Waals surface area contributed by atoms with Crippen LogP contribution in [0.15, 0.2) is 24.3 Å². The van der Waals surface area contributed by atoms with Crippen LogP contribution >= 0.6 is 0 Å². The first-order valence-electron chi connectivity index (χ1n) is 7.04. The van der Waals surface area contributed by atoms with Gasteiger partial charge in [-0.1, -0.05) is 39.0 Å². The summed E-state index contributed by atoms with van der Waals surface area (Å²) in [6, 6.07) is 8.91. The highest BCUT2D eigenvalue weighted by molar-refractivity contribution is 5.33. The van der Waals surface area contributed by atoms with Crippen LogP contribution in [0.3, 0.4) is 0 Å². The van der Waals surface area contributed by atoms with Crippen molar-refractivity contribution in [2.75, 3.05) is 13.7 Å². The molecule has 1 atom stereocenters. The number of hydrogen-bond donors (Lipinski definition) is 1. The van der Waals surface area contributed by atoms with Gasteiger partial charge in [0.25, 0.3) is 0 Å². The molecule has 2 heteroatoms. The van der Waals surface area contributed by atoms with Crippen molar-refractivity contribution in [3.8, 4) is 5.75 Å². The van der Waals surface area contributed by atoms with E-state index in [-0.39, 0.29) is 0 Å². The molecule has 1 N–H and O–H groups in total. The van der Waals surface area contributed by atoms with E-state index < -0.39 is 0 Å². The second-order valence-electron chi connectivity index (χ2n) is 5.16. The summed E-state index contributed by atoms with van der Waals surface area (Å²) >= 11 is 0. The summed E-state index contributed by atoms with van der Waals surface area (Å²) in [7, 11) is 1.74. The molecule has 0 aliphatic heterocycles. The van der Waals surface area contributed by atoms with Crippen LogP contribution in [0.5, 0.6) is 5.75 Å². The normalized spacial score (nSPS) is 12.7. The first-order valence-corrected chi connectivity index (χ1v) is 7.04. The molecule has 0 amide bonds. The third kappa shape index (κ3) is 4.69. The zero-order valence-electron chi connectivity index (χ0n) is 12.2. The second kappa shape index (κ2) is 8.15. The summed E-state index contributed by atoms with van der Waals surface area (Å²) in [4.78, 5) is 0. The van der Waals surface area contributed by atoms with Gasteiger partial charge < -0.3 is 10.1 Å². The Kier molecular flexibility index (Phi) is 6.81. The molecule has 0 aliphatic carbocycles. The highest BCUT2D eigenvalue weighted by atomic mass is 16.5. The second-order valence-corrected chi connectivity index (χ2v) is 5.16. The van der Waals surface area contributed by atoms with E-state index in [9.17, 15) is 0 Å². The van der Waals surface area contributed by atoms with Crippen LogP contribution in [0.1, 0.15) is 39.2 Å². The highest BCUT2D eigenvalue weighted by Gasteiger charge is 2.13. The maximum Gasteiger partial charge on any atom is 0.122 e. The summed E-state index contributed by atoms with van der Waals surface area (Å²) < 4.78 is 5.40. The van der Waals surface area contributed by atoms with Gasteiger partial charge in [0.05, 0.1) is 7.11 Å². The molecule has 1 aromatic carbocycles. The number of rotatable bonds is 8. The molecule has 0 heterocycles. The van der Waals surface area contributed by atoms with Gasteiger partial charge in [0.1, 0.15) is 5.75 Å². The lowest BCUT2D eigenvalue weighted by molar-refractivity contribution is 0.372. The molecule has 18 heavy (non-hydrogen) atoms. The zero-order chi connectivity index (χ0) is 13.4. The van der Waals surface area contributed by atoms with Crippen molar-refractivity contribution in [1.29, 1.82) is 0 Å². The lowest BCUT2D eigenvalue weighted by atomic mass is 9.96. The Morgan fingerprint density at radius 2 is 1.94 bits per heavy atom. The van der Waals surface area contributed by atoms with E-state index in [0.717, 1.165) is 25.1 Å². The quantitative estimate of drug-likeness (QED) is 0.759. The number of hydrogen-bond acceptors (Lipinski definition) is 2. The predicted octanol–water partition coefficient (Wildman–Crippen LogP) is 3.65. The number of nitrogens with one attached hydrogen (secondary N) is 1. The van der Waals surface area contributed by atoms with Crippen LogP contribution in [0.2, 0.25) is 0 Å². The van der Waals surface area contributed by atoms with Crippen LogP contribution in [-0.4, -0.2) is 19.7 Å². The maximum atomic E-state index is 5.40. The van der Waals surface area contributed by atoms with Crippen molar-refractivity contribution in [3.63, 3.8) is 0 Å². The van der Waals surface area contributed by atoms with Crippen LogP contribution in [-0.2, 0) is 6.42 Å². The zero-order valence-corrected chi connectivity index (χ0v) is 12.2. The largest absolute Gasteiger partial charge is 0.496 e. The van der Waals surface area contributed by atoms with Crippen LogP contribution in [0, 0.1) is 5.92 Å². The molecular formula is C16H27NO. The van der Waals surface area contributed by atoms with Crippen LogP contribution in [0.25, 0.3) is 0 Å². The Hall–Kier alpha value is -1.02. The van der Waals surface area contributed by atoms with E-state index in [1.165, 1.54) is 12.0 Å². The van der Waals surface area contributed by atoms with Gasteiger partial charge in [-0.05, 0) is 43.4 Å². The fourth-order valence-corrected chi connectivity index (χ4v) is 2.22. The average Bonchev–Trinajstić information content (AvgIpc) is 2.38. The van der Waals surface area contributed by atoms with E-state index >= 15 is 0 Å². The van der Waals surface area contributed by atoms with Crippen molar-refractivity contribution in [1.82, 2.24) is 5.32 Å². The third-order valence-corrected chi connectivity index (χ3v) is 3.38. The van der Waals surface area contributed by atoms with Crippen molar-refractivity contribution >= 4 is 0 Å². The van der Waals surface area contributed by atoms with Crippen LogP contribution in [0.4, 0.5) is 0 Å². The summed E-state index contributed by atoms with van der Waals surface area (Å²) in [5.74, 6) is 1.68. The molecule has 0 radical (unpaired) electrons. The Balaban J connectivity index is 2.55. The lowest BCUT2D eigenvalue weighted by Crippen LogP contribution is -2.34. The van der Waals surface area contributed by atoms with Crippen LogP contribution < -0.4 is 10.1 Å². The molecular weight excluding hydrogens is 222 g/mol. The predicted molar refractivity (Wildman–Crippen MR) is 78.2 cm³/mol. The van der Waals surface area contributed by atoms with Crippen molar-refractivity contribution < 1.29 is 4.74 Å². The molecule has 0 aliphatic rings. The van der Waals surface area contributed by atoms with Gasteiger partial charge >= 0.3 is 0 Å². The van der Waals surface area contributed by atoms with Gasteiger partial charge in [0.15, 0.2) is 0 Å². The molecule has 1 rings (SSSR count). The summed E-state index contributed by atoms with van der Waals surface area (Å²) in [6.45, 7) is 7.89. The third-order valence-electron chi connectivity index (χ3n) is 3.38. The number of benzene rings is 1. The highest BCUT2D eigenvalue weighted by Crippen LogP contribution is 2.20. The minimum Gasteiger partial charge on any atom is -0.496 e. The minimum absolute atomic E-state index is 0.592. The SMILES string of the molecule is CCCNC(CCc1ccccc1OC)C(C)C. The Morgan fingerprint density at radius 1 is 1.22 bits per heavy atom. The minimum atomic E-state index is 0.592. The van der Waals surface area contributed by atoms with E-state index in [4.69, 9.17) is 4.74 Å². The van der Waals surface area contributed by atoms with Crippen molar-refractivity contribution in [2.24, 2.45) is 5.92 Å². The molecule has 0 spiro atoms. The van der Waals surface area contributed by atoms with Crippen molar-refractivity contribution in [2.45, 2.75) is 46.1 Å². The number of aryl methyl sites for hydroxylation is 1. The molecule has 2 nitrogen and oxygen atoms in total. The standard InChI is InChI=1S/C16H27NO/c1-5-12-17-15(13(2)3)11-10-14-8-6-7-9-16(14)18-4/h6-9,13,15,17H,5,10-12H2,1-4H3. The van der Waals surface area contributed by atoms with E-state index in [1.807, 2.05) is 12.1 Å². The average molecular weight is 249 g/mol. The van der Waals surface area contributed by atoms with Gasteiger partial charge in [-0.25, -0.2) is 0 Å². The van der Waals surface area contributed by atoms with E-state index in [2.05, 4.69) is 38.2 Å². The Morgan fingerprint density at radius 3 is 2.56 bits per heavy atom. The van der Waals surface area contributed by atoms with Gasteiger partial charge in [0.2, 0.25) is 0 Å². The molecule has 1 unspecified atom stereocenters. The van der Waals surface area contributed by atoms with Gasteiger partial charge in [-0.15, -0.1) is 0 Å². The van der Waals surface area contributed by atoms with E-state index in [1.54, 1.807) is 7.11 Å². The smallest absolute Gasteiger partial charge is 0.122 e. The molecule has 0 saturated heterocycles. The first kappa shape index (κ1) is 15.0. The first-order chi connectivity index (χ1) is 8.69. The Labute approximate surface area is 112 Å². The number of para-hydroxylation sites is 1. The topological polar surface area (TPSA) is 21.3 Å². The van der Waals surface area contributed by atoms with Gasteiger partial charge in [-0.2, -0.15) is 0 Å². The van der Waals surface area contributed by atoms with Gasteiger partial charge in [0, 0.05) is 6.04 Å². The fourth-order valence-electron chi connectivity index (χ4n) is 2.22. The molecule has 1 aromatic rings. The Bertz CT molecular complexity index is 336. The fraction of sp³-hybridized carbons (Fsp3) is 0.625. The number of ether oxygens (including phenoxy) is 1. The van der Waals surface area contributed by atoms with Crippen molar-refractivity contribution in [3.05, 3.63) is 29.8 Å². The molecule has 0 aromatic heterocycles. The number of methoxy groups -OCH3 is 1. The summed E-state index contributed by atoms with van der Waals surface area (Å²) in [5.41, 5.74) is 1.31. The maximum absolute atomic E-state index is 5.40. The monoisotopic (exact) mass is 249 g/mol. The molecule has 0 saturated carbocycles. The van der Waals surface area contributed by atoms with Gasteiger partial charge in [-0.3, -0.25) is 0 Å². The van der Waals surface area contributed by atoms with E-state index in [0.29, 0.717) is 12.0 Å². The molecule has 102 valence electrons.